The molecule has 0 fully saturated rings. The van der Waals surface area contributed by atoms with E-state index < -0.39 is 5.82 Å². The molecule has 0 amide bonds. The van der Waals surface area contributed by atoms with Gasteiger partial charge in [0.25, 0.3) is 0 Å². The van der Waals surface area contributed by atoms with Gasteiger partial charge in [-0.2, -0.15) is 0 Å². The highest BCUT2D eigenvalue weighted by Crippen LogP contribution is 2.19. The first kappa shape index (κ1) is 13.3. The third-order valence-corrected chi connectivity index (χ3v) is 3.66. The number of H-pyrrole nitrogens is 1. The summed E-state index contributed by atoms with van der Waals surface area (Å²) in [5.41, 5.74) is 2.52. The van der Waals surface area contributed by atoms with Crippen LogP contribution in [-0.2, 0) is 19.5 Å². The number of fused-ring (bicyclic) bond motifs is 1. The molecule has 20 heavy (non-hydrogen) atoms. The van der Waals surface area contributed by atoms with E-state index in [4.69, 9.17) is 12.2 Å². The molecule has 1 aliphatic rings. The van der Waals surface area contributed by atoms with E-state index in [2.05, 4.69) is 14.9 Å². The maximum Gasteiger partial charge on any atom is 0.196 e. The van der Waals surface area contributed by atoms with E-state index in [1.165, 1.54) is 12.1 Å². The number of nitrogens with one attached hydrogen (secondary N) is 1. The lowest BCUT2D eigenvalue weighted by Crippen LogP contribution is -2.31. The van der Waals surface area contributed by atoms with Crippen molar-refractivity contribution in [1.82, 2.24) is 14.9 Å². The van der Waals surface area contributed by atoms with Crippen LogP contribution >= 0.6 is 12.2 Å². The van der Waals surface area contributed by atoms with E-state index in [9.17, 15) is 8.78 Å². The average Bonchev–Trinajstić information content (AvgIpc) is 2.43. The van der Waals surface area contributed by atoms with Crippen LogP contribution in [0.2, 0.25) is 0 Å². The highest BCUT2D eigenvalue weighted by atomic mass is 32.1. The fourth-order valence-electron chi connectivity index (χ4n) is 2.45. The Labute approximate surface area is 120 Å². The van der Waals surface area contributed by atoms with Gasteiger partial charge < -0.3 is 4.98 Å². The van der Waals surface area contributed by atoms with Gasteiger partial charge in [-0.15, -0.1) is 0 Å². The van der Waals surface area contributed by atoms with Crippen LogP contribution < -0.4 is 0 Å². The lowest BCUT2D eigenvalue weighted by Gasteiger charge is -2.28. The van der Waals surface area contributed by atoms with Crippen molar-refractivity contribution in [2.45, 2.75) is 19.5 Å². The summed E-state index contributed by atoms with van der Waals surface area (Å²) >= 11 is 4.99. The number of benzene rings is 1. The van der Waals surface area contributed by atoms with Gasteiger partial charge in [0, 0.05) is 49.1 Å². The molecule has 104 valence electrons. The lowest BCUT2D eigenvalue weighted by atomic mass is 10.1. The van der Waals surface area contributed by atoms with E-state index in [1.54, 1.807) is 6.20 Å². The Morgan fingerprint density at radius 2 is 2.20 bits per heavy atom. The number of aromatic amines is 1. The third-order valence-electron chi connectivity index (χ3n) is 3.46. The van der Waals surface area contributed by atoms with Crippen molar-refractivity contribution < 1.29 is 8.78 Å². The van der Waals surface area contributed by atoms with Gasteiger partial charge in [-0.05, 0) is 30.4 Å². The molecule has 6 heteroatoms. The Kier molecular flexibility index (Phi) is 3.58. The predicted molar refractivity (Wildman–Crippen MR) is 73.6 cm³/mol. The van der Waals surface area contributed by atoms with E-state index in [0.717, 1.165) is 30.3 Å². The number of nitrogens with zero attached hydrogens (tertiary/aromatic N) is 2. The summed E-state index contributed by atoms with van der Waals surface area (Å²) in [4.78, 5) is 9.21. The van der Waals surface area contributed by atoms with Crippen LogP contribution in [0.3, 0.4) is 0 Å². The van der Waals surface area contributed by atoms with Gasteiger partial charge in [0.05, 0.1) is 0 Å². The van der Waals surface area contributed by atoms with Crippen molar-refractivity contribution in [3.05, 3.63) is 57.6 Å². The van der Waals surface area contributed by atoms with Crippen molar-refractivity contribution in [2.75, 3.05) is 6.54 Å². The molecule has 0 saturated carbocycles. The first-order valence-corrected chi connectivity index (χ1v) is 6.76. The third kappa shape index (κ3) is 2.76. The maximum atomic E-state index is 13.6. The zero-order valence-corrected chi connectivity index (χ0v) is 11.5. The van der Waals surface area contributed by atoms with E-state index >= 15 is 0 Å². The topological polar surface area (TPSA) is 31.9 Å². The number of hydrogen-bond acceptors (Lipinski definition) is 3. The maximum absolute atomic E-state index is 13.6. The van der Waals surface area contributed by atoms with Crippen LogP contribution in [0, 0.1) is 16.4 Å². The minimum atomic E-state index is -0.412. The average molecular weight is 293 g/mol. The van der Waals surface area contributed by atoms with Crippen LogP contribution in [0.5, 0.6) is 0 Å². The van der Waals surface area contributed by atoms with Crippen molar-refractivity contribution in [1.29, 1.82) is 0 Å². The molecule has 1 aromatic heterocycles. The number of hydrogen-bond donors (Lipinski definition) is 1. The molecule has 0 spiro atoms. The van der Waals surface area contributed by atoms with Crippen LogP contribution in [0.4, 0.5) is 8.78 Å². The van der Waals surface area contributed by atoms with Crippen molar-refractivity contribution in [3.63, 3.8) is 0 Å². The monoisotopic (exact) mass is 293 g/mol. The Morgan fingerprint density at radius 3 is 3.05 bits per heavy atom. The normalized spacial score (nSPS) is 15.1. The second-order valence-electron chi connectivity index (χ2n) is 4.89. The highest BCUT2D eigenvalue weighted by Gasteiger charge is 2.18. The molecule has 0 unspecified atom stereocenters. The minimum Gasteiger partial charge on any atom is -0.334 e. The Morgan fingerprint density at radius 1 is 1.35 bits per heavy atom. The van der Waals surface area contributed by atoms with Crippen LogP contribution in [-0.4, -0.2) is 21.4 Å². The van der Waals surface area contributed by atoms with Gasteiger partial charge in [-0.25, -0.2) is 13.8 Å². The summed E-state index contributed by atoms with van der Waals surface area (Å²) in [6, 6.07) is 3.55. The van der Waals surface area contributed by atoms with Gasteiger partial charge in [0.15, 0.2) is 4.77 Å². The van der Waals surface area contributed by atoms with Gasteiger partial charge in [0.2, 0.25) is 0 Å². The summed E-state index contributed by atoms with van der Waals surface area (Å²) in [5, 5.41) is 0. The standard InChI is InChI=1S/C14H13F2N3S/c15-11-1-2-12(16)9(5-11)7-19-4-3-13-10(8-19)6-17-14(20)18-13/h1-2,5-6H,3-4,7-8H2,(H,17,18,20). The number of aromatic nitrogens is 2. The molecule has 2 heterocycles. The molecule has 0 atom stereocenters. The van der Waals surface area contributed by atoms with E-state index in [0.29, 0.717) is 23.4 Å². The molecule has 3 rings (SSSR count). The molecule has 0 aliphatic carbocycles. The second kappa shape index (κ2) is 5.38. The van der Waals surface area contributed by atoms with Gasteiger partial charge in [0.1, 0.15) is 11.6 Å². The van der Waals surface area contributed by atoms with Crippen LogP contribution in [0.1, 0.15) is 16.8 Å². The fraction of sp³-hybridized carbons (Fsp3) is 0.286. The molecule has 0 radical (unpaired) electrons. The summed E-state index contributed by atoms with van der Waals surface area (Å²) in [6.45, 7) is 1.82. The van der Waals surface area contributed by atoms with E-state index in [-0.39, 0.29) is 5.82 Å². The summed E-state index contributed by atoms with van der Waals surface area (Å²) in [5.74, 6) is -0.785. The van der Waals surface area contributed by atoms with Crippen molar-refractivity contribution >= 4 is 12.2 Å². The van der Waals surface area contributed by atoms with Gasteiger partial charge in [-0.3, -0.25) is 4.90 Å². The zero-order chi connectivity index (χ0) is 14.1. The van der Waals surface area contributed by atoms with E-state index in [1.807, 2.05) is 0 Å². The molecule has 0 bridgehead atoms. The van der Waals surface area contributed by atoms with Gasteiger partial charge >= 0.3 is 0 Å². The fourth-order valence-corrected chi connectivity index (χ4v) is 2.62. The Bertz CT molecular complexity index is 699. The summed E-state index contributed by atoms with van der Waals surface area (Å²) in [7, 11) is 0. The Hall–Kier alpha value is -1.66. The molecular weight excluding hydrogens is 280 g/mol. The minimum absolute atomic E-state index is 0.372. The summed E-state index contributed by atoms with van der Waals surface area (Å²) < 4.78 is 27.3. The first-order chi connectivity index (χ1) is 9.61. The highest BCUT2D eigenvalue weighted by molar-refractivity contribution is 7.71. The zero-order valence-electron chi connectivity index (χ0n) is 10.7. The molecule has 3 nitrogen and oxygen atoms in total. The van der Waals surface area contributed by atoms with Crippen LogP contribution in [0.25, 0.3) is 0 Å². The molecule has 1 N–H and O–H groups in total. The second-order valence-corrected chi connectivity index (χ2v) is 5.28. The molecule has 1 aliphatic heterocycles. The molecule has 2 aromatic rings. The SMILES string of the molecule is Fc1ccc(F)c(CN2CCc3[nH]c(=S)ncc3C2)c1. The number of rotatable bonds is 2. The lowest BCUT2D eigenvalue weighted by molar-refractivity contribution is 0.239. The first-order valence-electron chi connectivity index (χ1n) is 6.35. The quantitative estimate of drug-likeness (QED) is 0.864. The summed E-state index contributed by atoms with van der Waals surface area (Å²) in [6.07, 6.45) is 2.56. The van der Waals surface area contributed by atoms with Crippen LogP contribution in [0.15, 0.2) is 24.4 Å². The van der Waals surface area contributed by atoms with Crippen molar-refractivity contribution in [2.24, 2.45) is 0 Å². The van der Waals surface area contributed by atoms with Gasteiger partial charge in [-0.1, -0.05) is 0 Å². The van der Waals surface area contributed by atoms with Crippen molar-refractivity contribution in [3.8, 4) is 0 Å². The molecule has 0 saturated heterocycles. The molecular formula is C14H13F2N3S. The largest absolute Gasteiger partial charge is 0.334 e. The number of halogens is 2. The predicted octanol–water partition coefficient (Wildman–Crippen LogP) is 2.98. The smallest absolute Gasteiger partial charge is 0.196 e. The Balaban J connectivity index is 1.79. The molecule has 1 aromatic carbocycles.